The fourth-order valence-electron chi connectivity index (χ4n) is 1.88. The highest BCUT2D eigenvalue weighted by molar-refractivity contribution is 7.07. The van der Waals surface area contributed by atoms with Crippen LogP contribution >= 0.6 is 11.3 Å². The SMILES string of the molecule is CCNC(=NCc1ncnn1C)NCC(C)c1ccsc1. The van der Waals surface area contributed by atoms with Crippen LogP contribution in [-0.2, 0) is 13.6 Å². The molecular formula is C14H22N6S. The molecule has 114 valence electrons. The van der Waals surface area contributed by atoms with Crippen molar-refractivity contribution in [2.45, 2.75) is 26.3 Å². The highest BCUT2D eigenvalue weighted by Crippen LogP contribution is 2.16. The summed E-state index contributed by atoms with van der Waals surface area (Å²) in [6.45, 7) is 6.46. The third kappa shape index (κ3) is 4.56. The van der Waals surface area contributed by atoms with Gasteiger partial charge in [-0.3, -0.25) is 4.68 Å². The smallest absolute Gasteiger partial charge is 0.191 e. The highest BCUT2D eigenvalue weighted by atomic mass is 32.1. The lowest BCUT2D eigenvalue weighted by atomic mass is 10.1. The van der Waals surface area contributed by atoms with Gasteiger partial charge in [0.25, 0.3) is 0 Å². The van der Waals surface area contributed by atoms with Gasteiger partial charge in [0.1, 0.15) is 18.7 Å². The van der Waals surface area contributed by atoms with Crippen LogP contribution in [0.4, 0.5) is 0 Å². The predicted molar refractivity (Wildman–Crippen MR) is 86.6 cm³/mol. The lowest BCUT2D eigenvalue weighted by Crippen LogP contribution is -2.39. The van der Waals surface area contributed by atoms with Crippen molar-refractivity contribution in [2.24, 2.45) is 12.0 Å². The number of hydrogen-bond acceptors (Lipinski definition) is 4. The lowest BCUT2D eigenvalue weighted by molar-refractivity contribution is 0.684. The molecular weight excluding hydrogens is 284 g/mol. The van der Waals surface area contributed by atoms with E-state index in [1.54, 1.807) is 22.3 Å². The molecule has 0 aliphatic carbocycles. The van der Waals surface area contributed by atoms with Crippen molar-refractivity contribution in [3.05, 3.63) is 34.5 Å². The Morgan fingerprint density at radius 3 is 2.95 bits per heavy atom. The van der Waals surface area contributed by atoms with Gasteiger partial charge in [-0.1, -0.05) is 6.92 Å². The fourth-order valence-corrected chi connectivity index (χ4v) is 2.66. The first-order chi connectivity index (χ1) is 10.2. The minimum absolute atomic E-state index is 0.454. The van der Waals surface area contributed by atoms with E-state index in [4.69, 9.17) is 0 Å². The second-order valence-corrected chi connectivity index (χ2v) is 5.61. The predicted octanol–water partition coefficient (Wildman–Crippen LogP) is 1.74. The van der Waals surface area contributed by atoms with E-state index in [0.717, 1.165) is 24.9 Å². The van der Waals surface area contributed by atoms with Gasteiger partial charge < -0.3 is 10.6 Å². The Balaban J connectivity index is 1.90. The van der Waals surface area contributed by atoms with Crippen LogP contribution in [0.5, 0.6) is 0 Å². The first-order valence-electron chi connectivity index (χ1n) is 7.07. The Kier molecular flexibility index (Phi) is 5.74. The quantitative estimate of drug-likeness (QED) is 0.630. The van der Waals surface area contributed by atoms with Gasteiger partial charge in [-0.05, 0) is 35.2 Å². The van der Waals surface area contributed by atoms with Crippen LogP contribution < -0.4 is 10.6 Å². The Bertz CT molecular complexity index is 560. The molecule has 0 saturated carbocycles. The fraction of sp³-hybridized carbons (Fsp3) is 0.500. The number of guanidine groups is 1. The van der Waals surface area contributed by atoms with E-state index < -0.39 is 0 Å². The molecule has 1 atom stereocenters. The number of rotatable bonds is 6. The van der Waals surface area contributed by atoms with Crippen molar-refractivity contribution in [2.75, 3.05) is 13.1 Å². The van der Waals surface area contributed by atoms with Gasteiger partial charge in [-0.2, -0.15) is 16.4 Å². The van der Waals surface area contributed by atoms with Gasteiger partial charge in [0.2, 0.25) is 0 Å². The summed E-state index contributed by atoms with van der Waals surface area (Å²) in [4.78, 5) is 8.72. The molecule has 6 nitrogen and oxygen atoms in total. The van der Waals surface area contributed by atoms with Gasteiger partial charge in [-0.15, -0.1) is 0 Å². The van der Waals surface area contributed by atoms with Crippen LogP contribution in [0, 0.1) is 0 Å². The van der Waals surface area contributed by atoms with E-state index in [2.05, 4.69) is 56.4 Å². The first-order valence-corrected chi connectivity index (χ1v) is 8.02. The third-order valence-electron chi connectivity index (χ3n) is 3.22. The van der Waals surface area contributed by atoms with Crippen molar-refractivity contribution in [3.63, 3.8) is 0 Å². The molecule has 0 aromatic carbocycles. The van der Waals surface area contributed by atoms with Crippen LogP contribution in [0.3, 0.4) is 0 Å². The molecule has 0 radical (unpaired) electrons. The van der Waals surface area contributed by atoms with E-state index >= 15 is 0 Å². The molecule has 0 spiro atoms. The monoisotopic (exact) mass is 306 g/mol. The highest BCUT2D eigenvalue weighted by Gasteiger charge is 2.07. The summed E-state index contributed by atoms with van der Waals surface area (Å²) in [6.07, 6.45) is 1.55. The zero-order valence-electron chi connectivity index (χ0n) is 12.7. The molecule has 2 aromatic heterocycles. The maximum atomic E-state index is 4.54. The van der Waals surface area contributed by atoms with Crippen LogP contribution in [0.25, 0.3) is 0 Å². The van der Waals surface area contributed by atoms with E-state index in [0.29, 0.717) is 12.5 Å². The molecule has 7 heteroatoms. The molecule has 0 aliphatic rings. The summed E-state index contributed by atoms with van der Waals surface area (Å²) in [5.74, 6) is 2.11. The van der Waals surface area contributed by atoms with Crippen LogP contribution in [0.15, 0.2) is 28.1 Å². The summed E-state index contributed by atoms with van der Waals surface area (Å²) in [7, 11) is 1.87. The summed E-state index contributed by atoms with van der Waals surface area (Å²) < 4.78 is 1.74. The average Bonchev–Trinajstić information content (AvgIpc) is 3.13. The summed E-state index contributed by atoms with van der Waals surface area (Å²) in [6, 6.07) is 2.17. The summed E-state index contributed by atoms with van der Waals surface area (Å²) in [5.41, 5.74) is 1.36. The van der Waals surface area contributed by atoms with E-state index in [1.165, 1.54) is 5.56 Å². The maximum absolute atomic E-state index is 4.54. The molecule has 2 rings (SSSR count). The average molecular weight is 306 g/mol. The topological polar surface area (TPSA) is 67.1 Å². The maximum Gasteiger partial charge on any atom is 0.191 e. The standard InChI is InChI=1S/C14H22N6S/c1-4-15-14(17-8-13-18-10-19-20(13)3)16-7-11(2)12-5-6-21-9-12/h5-6,9-11H,4,7-8H2,1-3H3,(H2,15,16,17). The molecule has 0 fully saturated rings. The minimum Gasteiger partial charge on any atom is -0.357 e. The van der Waals surface area contributed by atoms with Gasteiger partial charge in [0.15, 0.2) is 5.96 Å². The Labute approximate surface area is 129 Å². The van der Waals surface area contributed by atoms with E-state index in [9.17, 15) is 0 Å². The molecule has 0 amide bonds. The molecule has 2 heterocycles. The van der Waals surface area contributed by atoms with E-state index in [-0.39, 0.29) is 0 Å². The van der Waals surface area contributed by atoms with Crippen molar-refractivity contribution in [3.8, 4) is 0 Å². The van der Waals surface area contributed by atoms with Gasteiger partial charge in [-0.25, -0.2) is 9.98 Å². The molecule has 0 bridgehead atoms. The van der Waals surface area contributed by atoms with Crippen molar-refractivity contribution < 1.29 is 0 Å². The van der Waals surface area contributed by atoms with Crippen molar-refractivity contribution >= 4 is 17.3 Å². The largest absolute Gasteiger partial charge is 0.357 e. The van der Waals surface area contributed by atoms with Crippen molar-refractivity contribution in [1.82, 2.24) is 25.4 Å². The van der Waals surface area contributed by atoms with Crippen molar-refractivity contribution in [1.29, 1.82) is 0 Å². The van der Waals surface area contributed by atoms with Crippen LogP contribution in [0.1, 0.15) is 31.2 Å². The second kappa shape index (κ2) is 7.78. The summed E-state index contributed by atoms with van der Waals surface area (Å²) >= 11 is 1.73. The number of aryl methyl sites for hydroxylation is 1. The van der Waals surface area contributed by atoms with Crippen LogP contribution in [-0.4, -0.2) is 33.8 Å². The van der Waals surface area contributed by atoms with Gasteiger partial charge in [0.05, 0.1) is 0 Å². The third-order valence-corrected chi connectivity index (χ3v) is 3.92. The first kappa shape index (κ1) is 15.5. The van der Waals surface area contributed by atoms with Gasteiger partial charge >= 0.3 is 0 Å². The Morgan fingerprint density at radius 1 is 1.48 bits per heavy atom. The zero-order chi connectivity index (χ0) is 15.1. The zero-order valence-corrected chi connectivity index (χ0v) is 13.5. The molecule has 21 heavy (non-hydrogen) atoms. The van der Waals surface area contributed by atoms with E-state index in [1.807, 2.05) is 7.05 Å². The van der Waals surface area contributed by atoms with Gasteiger partial charge in [0, 0.05) is 20.1 Å². The van der Waals surface area contributed by atoms with Crippen LogP contribution in [0.2, 0.25) is 0 Å². The Morgan fingerprint density at radius 2 is 2.33 bits per heavy atom. The number of nitrogens with zero attached hydrogens (tertiary/aromatic N) is 4. The molecule has 0 aliphatic heterocycles. The summed E-state index contributed by atoms with van der Waals surface area (Å²) in [5, 5.41) is 15.0. The number of hydrogen-bond donors (Lipinski definition) is 2. The molecule has 1 unspecified atom stereocenters. The lowest BCUT2D eigenvalue weighted by Gasteiger charge is -2.15. The minimum atomic E-state index is 0.454. The second-order valence-electron chi connectivity index (χ2n) is 4.83. The molecule has 2 aromatic rings. The molecule has 2 N–H and O–H groups in total. The number of nitrogens with one attached hydrogen (secondary N) is 2. The Hall–Kier alpha value is -1.89. The normalized spacial score (nSPS) is 13.2. The number of thiophene rings is 1. The number of aromatic nitrogens is 3. The number of aliphatic imine (C=N–C) groups is 1. The molecule has 0 saturated heterocycles.